The molecule has 142 valence electrons. The van der Waals surface area contributed by atoms with Crippen LogP contribution in [0.25, 0.3) is 22.6 Å². The van der Waals surface area contributed by atoms with Crippen LogP contribution in [0.5, 0.6) is 0 Å². The van der Waals surface area contributed by atoms with Crippen molar-refractivity contribution in [2.24, 2.45) is 5.92 Å². The maximum Gasteiger partial charge on any atom is 0.242 e. The van der Waals surface area contributed by atoms with E-state index in [2.05, 4.69) is 4.98 Å². The Hall–Kier alpha value is -2.25. The molecule has 0 atom stereocenters. The molecule has 0 unspecified atom stereocenters. The summed E-state index contributed by atoms with van der Waals surface area (Å²) in [6.07, 6.45) is 3.24. The van der Waals surface area contributed by atoms with E-state index in [-0.39, 0.29) is 12.5 Å². The van der Waals surface area contributed by atoms with Gasteiger partial charge in [0.15, 0.2) is 5.82 Å². The number of fused-ring (bicyclic) bond motifs is 1. The lowest BCUT2D eigenvalue weighted by Crippen LogP contribution is -2.32. The summed E-state index contributed by atoms with van der Waals surface area (Å²) in [6, 6.07) is 7.92. The molecule has 0 saturated carbocycles. The van der Waals surface area contributed by atoms with Gasteiger partial charge < -0.3 is 14.2 Å². The Morgan fingerprint density at radius 1 is 1.33 bits per heavy atom. The zero-order chi connectivity index (χ0) is 18.6. The number of aromatic nitrogens is 3. The highest BCUT2D eigenvalue weighted by Gasteiger charge is 2.20. The number of para-hydroxylation sites is 2. The third-order valence-corrected chi connectivity index (χ3v) is 5.84. The van der Waals surface area contributed by atoms with Crippen LogP contribution in [-0.2, 0) is 16.1 Å². The summed E-state index contributed by atoms with van der Waals surface area (Å²) in [6.45, 7) is 2.75. The number of rotatable bonds is 6. The summed E-state index contributed by atoms with van der Waals surface area (Å²) in [5, 5.41) is 1.97. The first-order valence-corrected chi connectivity index (χ1v) is 10.3. The van der Waals surface area contributed by atoms with Crippen molar-refractivity contribution in [3.05, 3.63) is 35.2 Å². The Labute approximate surface area is 162 Å². The van der Waals surface area contributed by atoms with Crippen molar-refractivity contribution in [1.82, 2.24) is 19.4 Å². The Morgan fingerprint density at radius 2 is 2.15 bits per heavy atom. The van der Waals surface area contributed by atoms with Crippen molar-refractivity contribution < 1.29 is 9.53 Å². The predicted molar refractivity (Wildman–Crippen MR) is 107 cm³/mol. The van der Waals surface area contributed by atoms with Crippen LogP contribution < -0.4 is 0 Å². The molecule has 0 N–H and O–H groups in total. The fraction of sp³-hybridized carbons (Fsp3) is 0.450. The maximum absolute atomic E-state index is 12.9. The van der Waals surface area contributed by atoms with E-state index in [1.54, 1.807) is 5.51 Å². The zero-order valence-corrected chi connectivity index (χ0v) is 16.3. The van der Waals surface area contributed by atoms with Gasteiger partial charge in [0, 0.05) is 32.2 Å². The third kappa shape index (κ3) is 4.04. The number of amides is 1. The molecule has 0 spiro atoms. The highest BCUT2D eigenvalue weighted by molar-refractivity contribution is 7.07. The van der Waals surface area contributed by atoms with E-state index in [4.69, 9.17) is 9.72 Å². The fourth-order valence-electron chi connectivity index (χ4n) is 3.55. The standard InChI is InChI=1S/C20H24N4O2S/c1-23(9-6-15-7-10-26-11-8-15)19(25)12-24-18-5-3-2-4-16(18)22-20(24)17-13-27-14-21-17/h2-5,13-15H,6-12H2,1H3. The largest absolute Gasteiger partial charge is 0.381 e. The molecule has 6 nitrogen and oxygen atoms in total. The molecule has 3 heterocycles. The van der Waals surface area contributed by atoms with Gasteiger partial charge in [-0.05, 0) is 37.3 Å². The van der Waals surface area contributed by atoms with Gasteiger partial charge in [0.25, 0.3) is 0 Å². The number of hydrogen-bond donors (Lipinski definition) is 0. The molecule has 0 bridgehead atoms. The van der Waals surface area contributed by atoms with Crippen molar-refractivity contribution in [3.8, 4) is 11.5 Å². The number of carbonyl (C=O) groups is 1. The van der Waals surface area contributed by atoms with E-state index in [9.17, 15) is 4.79 Å². The van der Waals surface area contributed by atoms with E-state index in [1.807, 2.05) is 46.2 Å². The normalized spacial score (nSPS) is 15.3. The molecule has 1 aliphatic heterocycles. The molecule has 1 saturated heterocycles. The number of likely N-dealkylation sites (N-methyl/N-ethyl adjacent to an activating group) is 1. The SMILES string of the molecule is CN(CCC1CCOCC1)C(=O)Cn1c(-c2cscn2)nc2ccccc21. The highest BCUT2D eigenvalue weighted by atomic mass is 32.1. The van der Waals surface area contributed by atoms with Crippen LogP contribution in [0.4, 0.5) is 0 Å². The summed E-state index contributed by atoms with van der Waals surface area (Å²) >= 11 is 1.53. The Bertz CT molecular complexity index is 900. The number of thiazole rings is 1. The second-order valence-corrected chi connectivity index (χ2v) is 7.76. The fourth-order valence-corrected chi connectivity index (χ4v) is 4.08. The molecule has 3 aromatic rings. The lowest BCUT2D eigenvalue weighted by molar-refractivity contribution is -0.130. The summed E-state index contributed by atoms with van der Waals surface area (Å²) < 4.78 is 7.40. The molecule has 0 radical (unpaired) electrons. The van der Waals surface area contributed by atoms with Gasteiger partial charge in [-0.15, -0.1) is 11.3 Å². The minimum Gasteiger partial charge on any atom is -0.381 e. The van der Waals surface area contributed by atoms with Crippen molar-refractivity contribution in [1.29, 1.82) is 0 Å². The summed E-state index contributed by atoms with van der Waals surface area (Å²) in [7, 11) is 1.89. The van der Waals surface area contributed by atoms with E-state index in [0.717, 1.165) is 61.6 Å². The van der Waals surface area contributed by atoms with Gasteiger partial charge in [-0.25, -0.2) is 9.97 Å². The van der Waals surface area contributed by atoms with Gasteiger partial charge in [-0.3, -0.25) is 4.79 Å². The molecule has 1 fully saturated rings. The van der Waals surface area contributed by atoms with Gasteiger partial charge in [0.2, 0.25) is 5.91 Å². The molecule has 4 rings (SSSR count). The van der Waals surface area contributed by atoms with Crippen LogP contribution in [0.15, 0.2) is 35.2 Å². The Morgan fingerprint density at radius 3 is 2.93 bits per heavy atom. The van der Waals surface area contributed by atoms with E-state index >= 15 is 0 Å². The predicted octanol–water partition coefficient (Wildman–Crippen LogP) is 3.43. The van der Waals surface area contributed by atoms with Gasteiger partial charge in [0.05, 0.1) is 16.5 Å². The molecule has 1 amide bonds. The van der Waals surface area contributed by atoms with E-state index in [1.165, 1.54) is 11.3 Å². The van der Waals surface area contributed by atoms with Crippen molar-refractivity contribution in [3.63, 3.8) is 0 Å². The number of benzene rings is 1. The molecule has 2 aromatic heterocycles. The maximum atomic E-state index is 12.9. The van der Waals surface area contributed by atoms with Crippen molar-refractivity contribution >= 4 is 28.3 Å². The van der Waals surface area contributed by atoms with Gasteiger partial charge in [-0.2, -0.15) is 0 Å². The molecule has 27 heavy (non-hydrogen) atoms. The van der Waals surface area contributed by atoms with Gasteiger partial charge in [-0.1, -0.05) is 12.1 Å². The number of hydrogen-bond acceptors (Lipinski definition) is 5. The minimum atomic E-state index is 0.0988. The number of ether oxygens (including phenoxy) is 1. The zero-order valence-electron chi connectivity index (χ0n) is 15.5. The quantitative estimate of drug-likeness (QED) is 0.653. The van der Waals surface area contributed by atoms with Crippen LogP contribution in [0.1, 0.15) is 19.3 Å². The second-order valence-electron chi connectivity index (χ2n) is 7.04. The van der Waals surface area contributed by atoms with Crippen LogP contribution >= 0.6 is 11.3 Å². The first kappa shape index (κ1) is 18.1. The van der Waals surface area contributed by atoms with E-state index < -0.39 is 0 Å². The lowest BCUT2D eigenvalue weighted by Gasteiger charge is -2.25. The van der Waals surface area contributed by atoms with Crippen LogP contribution in [0, 0.1) is 5.92 Å². The molecule has 1 aliphatic rings. The average molecular weight is 385 g/mol. The average Bonchev–Trinajstić information content (AvgIpc) is 3.35. The smallest absolute Gasteiger partial charge is 0.242 e. The number of imidazole rings is 1. The van der Waals surface area contributed by atoms with Crippen LogP contribution in [0.3, 0.4) is 0 Å². The summed E-state index contributed by atoms with van der Waals surface area (Å²) in [4.78, 5) is 23.8. The molecular formula is C20H24N4O2S. The van der Waals surface area contributed by atoms with Crippen LogP contribution in [-0.4, -0.2) is 52.1 Å². The van der Waals surface area contributed by atoms with E-state index in [0.29, 0.717) is 5.92 Å². The molecular weight excluding hydrogens is 360 g/mol. The first-order valence-electron chi connectivity index (χ1n) is 9.38. The third-order valence-electron chi connectivity index (χ3n) is 5.25. The first-order chi connectivity index (χ1) is 13.2. The lowest BCUT2D eigenvalue weighted by atomic mass is 9.96. The molecule has 1 aromatic carbocycles. The summed E-state index contributed by atoms with van der Waals surface area (Å²) in [5.74, 6) is 1.51. The summed E-state index contributed by atoms with van der Waals surface area (Å²) in [5.41, 5.74) is 4.46. The number of nitrogens with zero attached hydrogens (tertiary/aromatic N) is 4. The topological polar surface area (TPSA) is 60.2 Å². The van der Waals surface area contributed by atoms with Crippen molar-refractivity contribution in [2.75, 3.05) is 26.8 Å². The number of carbonyl (C=O) groups excluding carboxylic acids is 1. The Balaban J connectivity index is 1.50. The van der Waals surface area contributed by atoms with Crippen molar-refractivity contribution in [2.45, 2.75) is 25.8 Å². The minimum absolute atomic E-state index is 0.0988. The van der Waals surface area contributed by atoms with Crippen LogP contribution in [0.2, 0.25) is 0 Å². The van der Waals surface area contributed by atoms with Gasteiger partial charge >= 0.3 is 0 Å². The molecule has 7 heteroatoms. The highest BCUT2D eigenvalue weighted by Crippen LogP contribution is 2.25. The monoisotopic (exact) mass is 384 g/mol. The second kappa shape index (κ2) is 8.19. The van der Waals surface area contributed by atoms with Gasteiger partial charge in [0.1, 0.15) is 12.2 Å². The Kier molecular flexibility index (Phi) is 5.50. The molecule has 0 aliphatic carbocycles.